The van der Waals surface area contributed by atoms with Crippen LogP contribution in [0.15, 0.2) is 18.2 Å². The number of aryl methyl sites for hydroxylation is 1. The average molecular weight is 256 g/mol. The summed E-state index contributed by atoms with van der Waals surface area (Å²) in [5.41, 5.74) is 1.82. The van der Waals surface area contributed by atoms with E-state index in [4.69, 9.17) is 5.26 Å². The van der Waals surface area contributed by atoms with Gasteiger partial charge >= 0.3 is 0 Å². The van der Waals surface area contributed by atoms with Crippen LogP contribution < -0.4 is 5.32 Å². The van der Waals surface area contributed by atoms with Crippen molar-refractivity contribution in [1.29, 1.82) is 5.26 Å². The summed E-state index contributed by atoms with van der Waals surface area (Å²) in [6.45, 7) is 5.50. The number of nitrogens with one attached hydrogen (secondary N) is 2. The van der Waals surface area contributed by atoms with Gasteiger partial charge in [0.1, 0.15) is 11.2 Å². The third-order valence-corrected chi connectivity index (χ3v) is 2.96. The molecule has 0 saturated heterocycles. The number of aromatic nitrogens is 2. The highest BCUT2D eigenvalue weighted by atomic mass is 16.2. The van der Waals surface area contributed by atoms with Crippen LogP contribution in [-0.2, 0) is 11.3 Å². The fourth-order valence-corrected chi connectivity index (χ4v) is 1.75. The number of nitriles is 1. The van der Waals surface area contributed by atoms with Crippen molar-refractivity contribution in [2.45, 2.75) is 27.3 Å². The zero-order valence-corrected chi connectivity index (χ0v) is 11.2. The van der Waals surface area contributed by atoms with Crippen molar-refractivity contribution in [2.75, 3.05) is 0 Å². The van der Waals surface area contributed by atoms with Gasteiger partial charge in [-0.05, 0) is 38.5 Å². The highest BCUT2D eigenvalue weighted by molar-refractivity contribution is 5.84. The molecule has 0 atom stereocenters. The third-order valence-electron chi connectivity index (χ3n) is 2.96. The van der Waals surface area contributed by atoms with Gasteiger partial charge in [-0.25, -0.2) is 4.98 Å². The number of amides is 1. The van der Waals surface area contributed by atoms with Crippen molar-refractivity contribution in [1.82, 2.24) is 15.3 Å². The number of aromatic amines is 1. The minimum absolute atomic E-state index is 0.268. The molecule has 19 heavy (non-hydrogen) atoms. The lowest BCUT2D eigenvalue weighted by atomic mass is 9.95. The van der Waals surface area contributed by atoms with Crippen LogP contribution in [0.1, 0.15) is 25.2 Å². The summed E-state index contributed by atoms with van der Waals surface area (Å²) in [4.78, 5) is 19.3. The Morgan fingerprint density at radius 1 is 1.53 bits per heavy atom. The highest BCUT2D eigenvalue weighted by Gasteiger charge is 2.26. The molecule has 98 valence electrons. The molecule has 1 amide bonds. The van der Waals surface area contributed by atoms with Crippen molar-refractivity contribution in [3.05, 3.63) is 29.6 Å². The number of nitrogens with zero attached hydrogens (tertiary/aromatic N) is 2. The molecule has 5 nitrogen and oxygen atoms in total. The Hall–Kier alpha value is -2.35. The number of hydrogen-bond donors (Lipinski definition) is 2. The second-order valence-electron chi connectivity index (χ2n) is 5.09. The van der Waals surface area contributed by atoms with Crippen LogP contribution in [0.4, 0.5) is 0 Å². The Balaban J connectivity index is 2.10. The summed E-state index contributed by atoms with van der Waals surface area (Å²) in [5, 5.41) is 11.6. The fourth-order valence-electron chi connectivity index (χ4n) is 1.75. The second kappa shape index (κ2) is 4.73. The first-order chi connectivity index (χ1) is 8.92. The molecule has 0 saturated carbocycles. The van der Waals surface area contributed by atoms with Crippen LogP contribution in [0.25, 0.3) is 11.0 Å². The molecule has 0 radical (unpaired) electrons. The first-order valence-electron chi connectivity index (χ1n) is 6.07. The van der Waals surface area contributed by atoms with Gasteiger partial charge in [0.05, 0.1) is 17.1 Å². The average Bonchev–Trinajstić information content (AvgIpc) is 2.74. The summed E-state index contributed by atoms with van der Waals surface area (Å²) in [6.07, 6.45) is 0. The Morgan fingerprint density at radius 2 is 2.26 bits per heavy atom. The summed E-state index contributed by atoms with van der Waals surface area (Å²) in [5.74, 6) is 0.595. The maximum absolute atomic E-state index is 11.8. The van der Waals surface area contributed by atoms with Gasteiger partial charge in [-0.2, -0.15) is 5.26 Å². The minimum atomic E-state index is -1.01. The smallest absolute Gasteiger partial charge is 0.240 e. The Labute approximate surface area is 111 Å². The predicted octanol–water partition coefficient (Wildman–Crippen LogP) is 2.04. The molecule has 1 heterocycles. The van der Waals surface area contributed by atoms with Gasteiger partial charge in [-0.15, -0.1) is 0 Å². The van der Waals surface area contributed by atoms with Gasteiger partial charge < -0.3 is 10.3 Å². The summed E-state index contributed by atoms with van der Waals surface area (Å²) in [6, 6.07) is 7.77. The first-order valence-corrected chi connectivity index (χ1v) is 6.07. The van der Waals surface area contributed by atoms with Crippen LogP contribution in [0.5, 0.6) is 0 Å². The van der Waals surface area contributed by atoms with Crippen LogP contribution >= 0.6 is 0 Å². The molecule has 0 bridgehead atoms. The van der Waals surface area contributed by atoms with Crippen molar-refractivity contribution in [2.24, 2.45) is 5.41 Å². The maximum Gasteiger partial charge on any atom is 0.240 e. The predicted molar refractivity (Wildman–Crippen MR) is 72.1 cm³/mol. The molecule has 2 rings (SSSR count). The van der Waals surface area contributed by atoms with E-state index in [9.17, 15) is 4.79 Å². The molecule has 2 N–H and O–H groups in total. The van der Waals surface area contributed by atoms with E-state index in [0.717, 1.165) is 22.4 Å². The number of rotatable bonds is 3. The molecule has 0 fully saturated rings. The van der Waals surface area contributed by atoms with E-state index < -0.39 is 5.41 Å². The topological polar surface area (TPSA) is 81.6 Å². The molecule has 2 aromatic rings. The van der Waals surface area contributed by atoms with E-state index in [1.54, 1.807) is 13.8 Å². The number of H-pyrrole nitrogens is 1. The molecule has 0 aliphatic carbocycles. The summed E-state index contributed by atoms with van der Waals surface area (Å²) in [7, 11) is 0. The van der Waals surface area contributed by atoms with Crippen LogP contribution in [0.3, 0.4) is 0 Å². The number of hydrogen-bond acceptors (Lipinski definition) is 3. The molecule has 1 aromatic carbocycles. The number of carbonyl (C=O) groups is 1. The normalized spacial score (nSPS) is 11.3. The lowest BCUT2D eigenvalue weighted by Gasteiger charge is -2.14. The van der Waals surface area contributed by atoms with E-state index in [2.05, 4.69) is 15.3 Å². The van der Waals surface area contributed by atoms with Gasteiger partial charge in [0, 0.05) is 6.54 Å². The number of imidazole rings is 1. The van der Waals surface area contributed by atoms with Crippen molar-refractivity contribution in [3.8, 4) is 6.07 Å². The maximum atomic E-state index is 11.8. The lowest BCUT2D eigenvalue weighted by molar-refractivity contribution is -0.126. The highest BCUT2D eigenvalue weighted by Crippen LogP contribution is 2.15. The van der Waals surface area contributed by atoms with E-state index in [1.807, 2.05) is 31.2 Å². The zero-order valence-electron chi connectivity index (χ0n) is 11.2. The van der Waals surface area contributed by atoms with Crippen molar-refractivity contribution < 1.29 is 4.79 Å². The van der Waals surface area contributed by atoms with Crippen molar-refractivity contribution >= 4 is 16.9 Å². The Kier molecular flexibility index (Phi) is 3.26. The molecule has 0 spiro atoms. The minimum Gasteiger partial charge on any atom is -0.351 e. The molecular weight excluding hydrogens is 240 g/mol. The monoisotopic (exact) mass is 256 g/mol. The van der Waals surface area contributed by atoms with Gasteiger partial charge in [0.25, 0.3) is 0 Å². The standard InChI is InChI=1S/C14H16N4O/c1-9-17-11-5-4-10(6-12(11)18-9)7-16-13(19)14(2,3)8-15/h4-6H,7H2,1-3H3,(H,16,19)(H,17,18). The number of benzene rings is 1. The van der Waals surface area contributed by atoms with Crippen LogP contribution in [0.2, 0.25) is 0 Å². The summed E-state index contributed by atoms with van der Waals surface area (Å²) < 4.78 is 0. The van der Waals surface area contributed by atoms with E-state index >= 15 is 0 Å². The van der Waals surface area contributed by atoms with E-state index in [-0.39, 0.29) is 5.91 Å². The Bertz CT molecular complexity index is 664. The van der Waals surface area contributed by atoms with Gasteiger partial charge in [-0.1, -0.05) is 6.07 Å². The van der Waals surface area contributed by atoms with Gasteiger partial charge in [0.15, 0.2) is 0 Å². The molecule has 1 aromatic heterocycles. The third kappa shape index (κ3) is 2.74. The van der Waals surface area contributed by atoms with Gasteiger partial charge in [0.2, 0.25) is 5.91 Å². The molecule has 0 aliphatic rings. The summed E-state index contributed by atoms with van der Waals surface area (Å²) >= 11 is 0. The molecule has 0 unspecified atom stereocenters. The van der Waals surface area contributed by atoms with Gasteiger partial charge in [-0.3, -0.25) is 4.79 Å². The second-order valence-corrected chi connectivity index (χ2v) is 5.09. The van der Waals surface area contributed by atoms with Crippen LogP contribution in [-0.4, -0.2) is 15.9 Å². The fraction of sp³-hybridized carbons (Fsp3) is 0.357. The van der Waals surface area contributed by atoms with Crippen molar-refractivity contribution in [3.63, 3.8) is 0 Å². The molecular formula is C14H16N4O. The van der Waals surface area contributed by atoms with Crippen LogP contribution in [0, 0.1) is 23.7 Å². The number of carbonyl (C=O) groups excluding carboxylic acids is 1. The molecule has 0 aliphatic heterocycles. The largest absolute Gasteiger partial charge is 0.351 e. The first kappa shape index (κ1) is 13.1. The lowest BCUT2D eigenvalue weighted by Crippen LogP contribution is -2.35. The van der Waals surface area contributed by atoms with E-state index in [1.165, 1.54) is 0 Å². The SMILES string of the molecule is Cc1nc2ccc(CNC(=O)C(C)(C)C#N)cc2[nH]1. The Morgan fingerprint density at radius 3 is 2.95 bits per heavy atom. The molecule has 5 heteroatoms. The number of fused-ring (bicyclic) bond motifs is 1. The zero-order chi connectivity index (χ0) is 14.0. The quantitative estimate of drug-likeness (QED) is 0.881. The van der Waals surface area contributed by atoms with E-state index in [0.29, 0.717) is 6.54 Å².